The maximum absolute atomic E-state index is 13.5. The van der Waals surface area contributed by atoms with Crippen LogP contribution in [0.15, 0.2) is 24.3 Å². The molecule has 0 amide bonds. The minimum Gasteiger partial charge on any atom is -0.480 e. The third kappa shape index (κ3) is 2.82. The maximum atomic E-state index is 13.5. The van der Waals surface area contributed by atoms with Crippen molar-refractivity contribution in [3.8, 4) is 0 Å². The minimum atomic E-state index is -0.853. The molecule has 17 heavy (non-hydrogen) atoms. The van der Waals surface area contributed by atoms with E-state index in [-0.39, 0.29) is 5.82 Å². The minimum absolute atomic E-state index is 0.268. The van der Waals surface area contributed by atoms with Crippen LogP contribution in [0, 0.1) is 5.82 Å². The lowest BCUT2D eigenvalue weighted by Crippen LogP contribution is -2.40. The van der Waals surface area contributed by atoms with E-state index in [2.05, 4.69) is 0 Å². The molecule has 0 bridgehead atoms. The van der Waals surface area contributed by atoms with Crippen molar-refractivity contribution in [2.45, 2.75) is 38.4 Å². The molecule has 4 heteroatoms. The van der Waals surface area contributed by atoms with Crippen molar-refractivity contribution in [3.63, 3.8) is 0 Å². The fourth-order valence-corrected chi connectivity index (χ4v) is 1.95. The number of carbonyl (C=O) groups is 1. The summed E-state index contributed by atoms with van der Waals surface area (Å²) in [7, 11) is 0. The number of halogens is 1. The highest BCUT2D eigenvalue weighted by atomic mass is 19.1. The van der Waals surface area contributed by atoms with Crippen molar-refractivity contribution in [1.29, 1.82) is 0 Å². The number of benzene rings is 1. The van der Waals surface area contributed by atoms with Gasteiger partial charge in [-0.05, 0) is 25.8 Å². The van der Waals surface area contributed by atoms with Crippen molar-refractivity contribution >= 4 is 5.97 Å². The molecule has 0 aliphatic heterocycles. The van der Waals surface area contributed by atoms with Crippen LogP contribution in [0.3, 0.4) is 0 Å². The predicted octanol–water partition coefficient (Wildman–Crippen LogP) is 2.26. The fraction of sp³-hybridized carbons (Fsp3) is 0.462. The van der Waals surface area contributed by atoms with Crippen LogP contribution in [0.1, 0.15) is 25.3 Å². The van der Waals surface area contributed by atoms with Gasteiger partial charge in [0.2, 0.25) is 0 Å². The highest BCUT2D eigenvalue weighted by Crippen LogP contribution is 2.30. The van der Waals surface area contributed by atoms with Gasteiger partial charge in [0.25, 0.3) is 0 Å². The standard InChI is InChI=1S/C13H16FNO2/c1-9(13(16)17)15(11-6-7-11)8-10-4-2-3-5-12(10)14/h2-5,9,11H,6-8H2,1H3,(H,16,17). The number of aliphatic carboxylic acids is 1. The van der Waals surface area contributed by atoms with Gasteiger partial charge >= 0.3 is 5.97 Å². The summed E-state index contributed by atoms with van der Waals surface area (Å²) in [6.45, 7) is 2.02. The maximum Gasteiger partial charge on any atom is 0.320 e. The lowest BCUT2D eigenvalue weighted by molar-refractivity contribution is -0.143. The van der Waals surface area contributed by atoms with Gasteiger partial charge in [-0.15, -0.1) is 0 Å². The molecule has 92 valence electrons. The Morgan fingerprint density at radius 1 is 1.53 bits per heavy atom. The molecule has 1 aromatic carbocycles. The van der Waals surface area contributed by atoms with E-state index in [9.17, 15) is 9.18 Å². The van der Waals surface area contributed by atoms with Crippen molar-refractivity contribution in [3.05, 3.63) is 35.6 Å². The number of hydrogen-bond donors (Lipinski definition) is 1. The Labute approximate surface area is 99.9 Å². The highest BCUT2D eigenvalue weighted by Gasteiger charge is 2.35. The zero-order chi connectivity index (χ0) is 12.4. The molecule has 1 atom stereocenters. The zero-order valence-corrected chi connectivity index (χ0v) is 9.77. The zero-order valence-electron chi connectivity index (χ0n) is 9.77. The summed E-state index contributed by atoms with van der Waals surface area (Å²) < 4.78 is 13.5. The second-order valence-electron chi connectivity index (χ2n) is 4.51. The monoisotopic (exact) mass is 237 g/mol. The largest absolute Gasteiger partial charge is 0.480 e. The quantitative estimate of drug-likeness (QED) is 0.854. The Bertz CT molecular complexity index is 418. The molecule has 0 heterocycles. The molecule has 1 saturated carbocycles. The first-order chi connectivity index (χ1) is 8.09. The summed E-state index contributed by atoms with van der Waals surface area (Å²) in [5.74, 6) is -1.12. The molecule has 2 rings (SSSR count). The van der Waals surface area contributed by atoms with Crippen LogP contribution in [0.2, 0.25) is 0 Å². The summed E-state index contributed by atoms with van der Waals surface area (Å²) in [5, 5.41) is 9.04. The predicted molar refractivity (Wildman–Crippen MR) is 62.1 cm³/mol. The Balaban J connectivity index is 2.13. The molecule has 3 nitrogen and oxygen atoms in total. The van der Waals surface area contributed by atoms with Gasteiger partial charge in [0.05, 0.1) is 0 Å². The van der Waals surface area contributed by atoms with Gasteiger partial charge in [0, 0.05) is 18.2 Å². The number of carboxylic acids is 1. The fourth-order valence-electron chi connectivity index (χ4n) is 1.95. The summed E-state index contributed by atoms with van der Waals surface area (Å²) in [5.41, 5.74) is 0.562. The number of rotatable bonds is 5. The molecule has 1 N–H and O–H groups in total. The molecular formula is C13H16FNO2. The van der Waals surface area contributed by atoms with E-state index in [0.29, 0.717) is 18.2 Å². The van der Waals surface area contributed by atoms with Gasteiger partial charge in [0.15, 0.2) is 0 Å². The first-order valence-electron chi connectivity index (χ1n) is 5.81. The van der Waals surface area contributed by atoms with Gasteiger partial charge in [-0.3, -0.25) is 9.69 Å². The molecular weight excluding hydrogens is 221 g/mol. The summed E-state index contributed by atoms with van der Waals surface area (Å²) in [6, 6.07) is 6.25. The van der Waals surface area contributed by atoms with E-state index in [1.165, 1.54) is 6.07 Å². The second-order valence-corrected chi connectivity index (χ2v) is 4.51. The number of carboxylic acid groups (broad SMARTS) is 1. The van der Waals surface area contributed by atoms with Crippen LogP contribution < -0.4 is 0 Å². The molecule has 0 radical (unpaired) electrons. The van der Waals surface area contributed by atoms with Crippen LogP contribution in [0.4, 0.5) is 4.39 Å². The Hall–Kier alpha value is -1.42. The average Bonchev–Trinajstić information content (AvgIpc) is 3.11. The lowest BCUT2D eigenvalue weighted by Gasteiger charge is -2.26. The van der Waals surface area contributed by atoms with Crippen LogP contribution in [-0.4, -0.2) is 28.1 Å². The Morgan fingerprint density at radius 3 is 2.71 bits per heavy atom. The van der Waals surface area contributed by atoms with Crippen molar-refractivity contribution in [2.75, 3.05) is 0 Å². The van der Waals surface area contributed by atoms with Crippen LogP contribution in [0.5, 0.6) is 0 Å². The normalized spacial score (nSPS) is 17.1. The smallest absolute Gasteiger partial charge is 0.320 e. The molecule has 0 spiro atoms. The summed E-state index contributed by atoms with van der Waals surface area (Å²) in [6.07, 6.45) is 2.01. The van der Waals surface area contributed by atoms with Gasteiger partial charge in [-0.1, -0.05) is 18.2 Å². The van der Waals surface area contributed by atoms with E-state index < -0.39 is 12.0 Å². The SMILES string of the molecule is CC(C(=O)O)N(Cc1ccccc1F)C1CC1. The molecule has 1 unspecified atom stereocenters. The van der Waals surface area contributed by atoms with E-state index in [1.807, 2.05) is 4.90 Å². The number of nitrogens with zero attached hydrogens (tertiary/aromatic N) is 1. The summed E-state index contributed by atoms with van der Waals surface area (Å²) in [4.78, 5) is 12.9. The van der Waals surface area contributed by atoms with E-state index in [1.54, 1.807) is 25.1 Å². The third-order valence-electron chi connectivity index (χ3n) is 3.18. The van der Waals surface area contributed by atoms with Gasteiger partial charge in [0.1, 0.15) is 11.9 Å². The van der Waals surface area contributed by atoms with E-state index >= 15 is 0 Å². The Kier molecular flexibility index (Phi) is 3.43. The van der Waals surface area contributed by atoms with Crippen LogP contribution in [0.25, 0.3) is 0 Å². The molecule has 1 aromatic rings. The van der Waals surface area contributed by atoms with Gasteiger partial charge in [-0.25, -0.2) is 4.39 Å². The summed E-state index contributed by atoms with van der Waals surface area (Å²) >= 11 is 0. The van der Waals surface area contributed by atoms with Crippen LogP contribution in [-0.2, 0) is 11.3 Å². The van der Waals surface area contributed by atoms with Crippen molar-refractivity contribution < 1.29 is 14.3 Å². The van der Waals surface area contributed by atoms with Crippen molar-refractivity contribution in [1.82, 2.24) is 4.90 Å². The Morgan fingerprint density at radius 2 is 2.18 bits per heavy atom. The average molecular weight is 237 g/mol. The lowest BCUT2D eigenvalue weighted by atomic mass is 10.1. The highest BCUT2D eigenvalue weighted by molar-refractivity contribution is 5.73. The second kappa shape index (κ2) is 4.84. The first kappa shape index (κ1) is 12.0. The van der Waals surface area contributed by atoms with E-state index in [4.69, 9.17) is 5.11 Å². The van der Waals surface area contributed by atoms with Crippen molar-refractivity contribution in [2.24, 2.45) is 0 Å². The van der Waals surface area contributed by atoms with Crippen LogP contribution >= 0.6 is 0 Å². The van der Waals surface area contributed by atoms with Gasteiger partial charge in [-0.2, -0.15) is 0 Å². The molecule has 1 aliphatic rings. The molecule has 0 aromatic heterocycles. The first-order valence-corrected chi connectivity index (χ1v) is 5.81. The van der Waals surface area contributed by atoms with Gasteiger partial charge < -0.3 is 5.11 Å². The number of hydrogen-bond acceptors (Lipinski definition) is 2. The van der Waals surface area contributed by atoms with E-state index in [0.717, 1.165) is 12.8 Å². The third-order valence-corrected chi connectivity index (χ3v) is 3.18. The molecule has 1 aliphatic carbocycles. The molecule has 1 fully saturated rings. The topological polar surface area (TPSA) is 40.5 Å². The molecule has 0 saturated heterocycles.